The summed E-state index contributed by atoms with van der Waals surface area (Å²) in [7, 11) is 1.58. The lowest BCUT2D eigenvalue weighted by atomic mass is 9.64. The number of ketones is 3. The van der Waals surface area contributed by atoms with Crippen molar-refractivity contribution < 1.29 is 19.1 Å². The summed E-state index contributed by atoms with van der Waals surface area (Å²) in [5, 5.41) is 0. The van der Waals surface area contributed by atoms with Crippen molar-refractivity contribution >= 4 is 29.1 Å². The van der Waals surface area contributed by atoms with Gasteiger partial charge in [0.2, 0.25) is 0 Å². The van der Waals surface area contributed by atoms with Gasteiger partial charge < -0.3 is 9.64 Å². The first-order valence-electron chi connectivity index (χ1n) is 11.4. The maximum Gasteiger partial charge on any atom is 0.180 e. The highest BCUT2D eigenvalue weighted by Crippen LogP contribution is 2.60. The number of methoxy groups -OCH3 is 1. The Hall–Kier alpha value is -3.99. The van der Waals surface area contributed by atoms with Gasteiger partial charge in [0.25, 0.3) is 0 Å². The van der Waals surface area contributed by atoms with E-state index in [1.54, 1.807) is 38.3 Å². The molecular formula is C29H23NO4. The molecule has 5 nitrogen and oxygen atoms in total. The predicted molar refractivity (Wildman–Crippen MR) is 129 cm³/mol. The highest BCUT2D eigenvalue weighted by Gasteiger charge is 2.71. The number of para-hydroxylation sites is 1. The summed E-state index contributed by atoms with van der Waals surface area (Å²) < 4.78 is 5.47. The highest BCUT2D eigenvalue weighted by atomic mass is 16.5. The molecule has 6 rings (SSSR count). The van der Waals surface area contributed by atoms with Crippen molar-refractivity contribution in [3.8, 4) is 5.75 Å². The van der Waals surface area contributed by atoms with E-state index in [1.807, 2.05) is 65.6 Å². The molecule has 5 heteroatoms. The third-order valence-corrected chi connectivity index (χ3v) is 7.58. The van der Waals surface area contributed by atoms with Crippen molar-refractivity contribution in [2.24, 2.45) is 5.41 Å². The first-order valence-corrected chi connectivity index (χ1v) is 11.4. The zero-order valence-corrected chi connectivity index (χ0v) is 18.9. The van der Waals surface area contributed by atoms with Crippen molar-refractivity contribution in [1.82, 2.24) is 0 Å². The number of benzene rings is 3. The van der Waals surface area contributed by atoms with Gasteiger partial charge in [-0.1, -0.05) is 66.7 Å². The van der Waals surface area contributed by atoms with Gasteiger partial charge in [0.05, 0.1) is 19.2 Å². The summed E-state index contributed by atoms with van der Waals surface area (Å²) in [4.78, 5) is 43.9. The molecule has 1 fully saturated rings. The molecule has 3 atom stereocenters. The molecular weight excluding hydrogens is 426 g/mol. The van der Waals surface area contributed by atoms with Gasteiger partial charge in [0.1, 0.15) is 11.2 Å². The number of ether oxygens (including phenoxy) is 1. The average Bonchev–Trinajstić information content (AvgIpc) is 3.31. The standard InChI is InChI=1S/C29H23NO4/c1-17(31)26-25(19-9-7-10-20(16-19)34-2)29(27(32)21-11-4-5-12-22(21)28(29)33)24-15-14-18-8-3-6-13-23(18)30(24)26/h3-16,24-26H,1-2H3/t24-,25+,26+/m1/s1. The van der Waals surface area contributed by atoms with E-state index in [2.05, 4.69) is 0 Å². The van der Waals surface area contributed by atoms with Crippen LogP contribution in [0.15, 0.2) is 78.9 Å². The SMILES string of the molecule is COc1cccc([C@H]2[C@H](C(C)=O)N3c4ccccc4C=C[C@@H]3C23C(=O)c2ccccc2C3=O)c1. The largest absolute Gasteiger partial charge is 0.497 e. The molecule has 2 aliphatic heterocycles. The molecule has 168 valence electrons. The van der Waals surface area contributed by atoms with Gasteiger partial charge >= 0.3 is 0 Å². The maximum atomic E-state index is 14.3. The second kappa shape index (κ2) is 7.26. The van der Waals surface area contributed by atoms with Crippen LogP contribution >= 0.6 is 0 Å². The van der Waals surface area contributed by atoms with Crippen LogP contribution < -0.4 is 9.64 Å². The highest BCUT2D eigenvalue weighted by molar-refractivity contribution is 6.32. The van der Waals surface area contributed by atoms with E-state index >= 15 is 0 Å². The summed E-state index contributed by atoms with van der Waals surface area (Å²) in [5.41, 5.74) is 1.97. The van der Waals surface area contributed by atoms with E-state index in [0.29, 0.717) is 16.9 Å². The number of nitrogens with zero attached hydrogens (tertiary/aromatic N) is 1. The van der Waals surface area contributed by atoms with Crippen LogP contribution in [0.2, 0.25) is 0 Å². The Morgan fingerprint density at radius 2 is 1.59 bits per heavy atom. The first-order chi connectivity index (χ1) is 16.5. The molecule has 2 heterocycles. The van der Waals surface area contributed by atoms with Crippen molar-refractivity contribution in [2.45, 2.75) is 24.9 Å². The van der Waals surface area contributed by atoms with Crippen LogP contribution in [0.25, 0.3) is 6.08 Å². The Morgan fingerprint density at radius 1 is 0.912 bits per heavy atom. The van der Waals surface area contributed by atoms with Crippen LogP contribution in [-0.2, 0) is 4.79 Å². The quantitative estimate of drug-likeness (QED) is 0.542. The van der Waals surface area contributed by atoms with Crippen LogP contribution in [0.3, 0.4) is 0 Å². The van der Waals surface area contributed by atoms with Crippen LogP contribution in [0.5, 0.6) is 5.75 Å². The summed E-state index contributed by atoms with van der Waals surface area (Å²) in [6.45, 7) is 1.55. The Balaban J connectivity index is 1.69. The zero-order chi connectivity index (χ0) is 23.6. The molecule has 0 saturated carbocycles. The molecule has 0 N–H and O–H groups in total. The summed E-state index contributed by atoms with van der Waals surface area (Å²) in [6.07, 6.45) is 3.90. The van der Waals surface area contributed by atoms with E-state index in [9.17, 15) is 14.4 Å². The topological polar surface area (TPSA) is 63.7 Å². The van der Waals surface area contributed by atoms with Gasteiger partial charge in [-0.25, -0.2) is 0 Å². The van der Waals surface area contributed by atoms with Gasteiger partial charge in [-0.05, 0) is 36.2 Å². The minimum absolute atomic E-state index is 0.0867. The lowest BCUT2D eigenvalue weighted by Crippen LogP contribution is -2.48. The molecule has 1 saturated heterocycles. The van der Waals surface area contributed by atoms with E-state index in [-0.39, 0.29) is 17.3 Å². The fraction of sp³-hybridized carbons (Fsp3) is 0.207. The molecule has 0 unspecified atom stereocenters. The van der Waals surface area contributed by atoms with Gasteiger partial charge in [-0.2, -0.15) is 0 Å². The van der Waals surface area contributed by atoms with Crippen molar-refractivity contribution in [1.29, 1.82) is 0 Å². The Morgan fingerprint density at radius 3 is 2.26 bits per heavy atom. The lowest BCUT2D eigenvalue weighted by Gasteiger charge is -2.37. The van der Waals surface area contributed by atoms with E-state index < -0.39 is 23.4 Å². The number of carbonyl (C=O) groups excluding carboxylic acids is 3. The number of Topliss-reactive ketones (excluding diaryl/α,β-unsaturated/α-hetero) is 3. The fourth-order valence-electron chi connectivity index (χ4n) is 6.28. The lowest BCUT2D eigenvalue weighted by molar-refractivity contribution is -0.118. The first kappa shape index (κ1) is 20.6. The average molecular weight is 450 g/mol. The van der Waals surface area contributed by atoms with E-state index in [1.165, 1.54) is 0 Å². The van der Waals surface area contributed by atoms with Gasteiger partial charge in [0, 0.05) is 22.7 Å². The number of hydrogen-bond acceptors (Lipinski definition) is 5. The monoisotopic (exact) mass is 449 g/mol. The van der Waals surface area contributed by atoms with Crippen LogP contribution in [-0.4, -0.2) is 36.5 Å². The molecule has 0 radical (unpaired) electrons. The Bertz CT molecular complexity index is 1370. The van der Waals surface area contributed by atoms with Crippen LogP contribution in [0.1, 0.15) is 44.7 Å². The van der Waals surface area contributed by atoms with Gasteiger partial charge in [-0.15, -0.1) is 0 Å². The molecule has 0 aromatic heterocycles. The zero-order valence-electron chi connectivity index (χ0n) is 18.9. The number of carbonyl (C=O) groups is 3. The second-order valence-corrected chi connectivity index (χ2v) is 9.15. The number of fused-ring (bicyclic) bond motifs is 5. The molecule has 3 aliphatic rings. The maximum absolute atomic E-state index is 14.3. The molecule has 1 aliphatic carbocycles. The number of rotatable bonds is 3. The van der Waals surface area contributed by atoms with E-state index in [0.717, 1.165) is 16.8 Å². The molecule has 34 heavy (non-hydrogen) atoms. The second-order valence-electron chi connectivity index (χ2n) is 9.15. The molecule has 1 spiro atoms. The minimum Gasteiger partial charge on any atom is -0.497 e. The fourth-order valence-corrected chi connectivity index (χ4v) is 6.28. The Labute approximate surface area is 197 Å². The van der Waals surface area contributed by atoms with Gasteiger partial charge in [-0.3, -0.25) is 14.4 Å². The van der Waals surface area contributed by atoms with Crippen molar-refractivity contribution in [3.63, 3.8) is 0 Å². The summed E-state index contributed by atoms with van der Waals surface area (Å²) in [6, 6.07) is 20.9. The Kier molecular flexibility index (Phi) is 4.40. The van der Waals surface area contributed by atoms with Crippen LogP contribution in [0, 0.1) is 5.41 Å². The molecule has 3 aromatic carbocycles. The number of anilines is 1. The van der Waals surface area contributed by atoms with Gasteiger partial charge in [0.15, 0.2) is 17.3 Å². The van der Waals surface area contributed by atoms with Crippen molar-refractivity contribution in [2.75, 3.05) is 12.0 Å². The third-order valence-electron chi connectivity index (χ3n) is 7.58. The van der Waals surface area contributed by atoms with Crippen molar-refractivity contribution in [3.05, 3.63) is 101 Å². The summed E-state index contributed by atoms with van der Waals surface area (Å²) >= 11 is 0. The van der Waals surface area contributed by atoms with E-state index in [4.69, 9.17) is 4.74 Å². The van der Waals surface area contributed by atoms with Crippen LogP contribution in [0.4, 0.5) is 5.69 Å². The predicted octanol–water partition coefficient (Wildman–Crippen LogP) is 4.72. The molecule has 0 bridgehead atoms. The molecule has 0 amide bonds. The molecule has 3 aromatic rings. The summed E-state index contributed by atoms with van der Waals surface area (Å²) in [5.74, 6) is -0.580. The third kappa shape index (κ3) is 2.47. The normalized spacial score (nSPS) is 23.6. The minimum atomic E-state index is -1.45. The number of hydrogen-bond donors (Lipinski definition) is 0. The smallest absolute Gasteiger partial charge is 0.180 e.